The summed E-state index contributed by atoms with van der Waals surface area (Å²) < 4.78 is 63.6. The minimum atomic E-state index is -4.21. The van der Waals surface area contributed by atoms with Crippen molar-refractivity contribution in [2.45, 2.75) is 69.4 Å². The second-order valence-electron chi connectivity index (χ2n) is 8.35. The highest BCUT2D eigenvalue weighted by molar-refractivity contribution is 5.82. The maximum absolute atomic E-state index is 14.5. The summed E-state index contributed by atoms with van der Waals surface area (Å²) >= 11 is 0. The molecule has 1 amide bonds. The largest absolute Gasteiger partial charge is 0.481 e. The third-order valence-corrected chi connectivity index (χ3v) is 6.24. The Bertz CT molecular complexity index is 786. The number of nitrogens with one attached hydrogen (secondary N) is 2. The van der Waals surface area contributed by atoms with E-state index in [1.807, 2.05) is 0 Å². The normalized spacial score (nSPS) is 30.5. The van der Waals surface area contributed by atoms with Gasteiger partial charge < -0.3 is 20.1 Å². The van der Waals surface area contributed by atoms with E-state index in [1.165, 1.54) is 13.2 Å². The Balaban J connectivity index is 1.34. The van der Waals surface area contributed by atoms with Gasteiger partial charge in [-0.05, 0) is 50.5 Å². The minimum Gasteiger partial charge on any atom is -0.481 e. The van der Waals surface area contributed by atoms with Gasteiger partial charge in [0.15, 0.2) is 5.82 Å². The first kappa shape index (κ1) is 21.1. The molecular formula is C20H25F4N3O3. The lowest BCUT2D eigenvalue weighted by Gasteiger charge is -2.30. The van der Waals surface area contributed by atoms with Gasteiger partial charge in [-0.1, -0.05) is 0 Å². The van der Waals surface area contributed by atoms with E-state index in [0.717, 1.165) is 12.8 Å². The summed E-state index contributed by atoms with van der Waals surface area (Å²) in [6, 6.07) is 1.39. The number of fused-ring (bicyclic) bond motifs is 1. The molecule has 0 aromatic carbocycles. The van der Waals surface area contributed by atoms with Crippen molar-refractivity contribution >= 4 is 5.91 Å². The van der Waals surface area contributed by atoms with Crippen molar-refractivity contribution in [2.75, 3.05) is 7.11 Å². The van der Waals surface area contributed by atoms with Crippen LogP contribution >= 0.6 is 0 Å². The van der Waals surface area contributed by atoms with Gasteiger partial charge in [0.2, 0.25) is 11.8 Å². The van der Waals surface area contributed by atoms with Gasteiger partial charge in [0.25, 0.3) is 5.88 Å². The first-order valence-electron chi connectivity index (χ1n) is 10.2. The Hall–Kier alpha value is -2.10. The van der Waals surface area contributed by atoms with Crippen LogP contribution in [0.25, 0.3) is 0 Å². The summed E-state index contributed by atoms with van der Waals surface area (Å²) in [5, 5.41) is 6.02. The maximum Gasteiger partial charge on any atom is 0.391 e. The number of carbonyl (C=O) groups excluding carboxylic acids is 1. The average Bonchev–Trinajstić information content (AvgIpc) is 3.32. The number of alkyl halides is 3. The molecule has 3 aliphatic rings. The third kappa shape index (κ3) is 4.63. The van der Waals surface area contributed by atoms with Crippen molar-refractivity contribution in [3.05, 3.63) is 17.4 Å². The third-order valence-electron chi connectivity index (χ3n) is 6.24. The standard InChI is InChI=1S/C20H25F4N3O3/c1-29-18-11(9-25-17(28)16-8-10-7-15(10)26-16)6-14(21)19(27-18)30-13-4-2-12(3-5-13)20(22,23)24/h6,10,12-13,15-16,26H,2-5,7-9H2,1H3,(H,25,28). The predicted octanol–water partition coefficient (Wildman–Crippen LogP) is 3.10. The number of ether oxygens (including phenoxy) is 2. The number of amides is 1. The SMILES string of the molecule is COc1nc(OC2CCC(C(F)(F)F)CC2)c(F)cc1CNC(=O)C1CC2CC2N1. The Morgan fingerprint density at radius 1 is 1.23 bits per heavy atom. The van der Waals surface area contributed by atoms with Crippen LogP contribution in [0.3, 0.4) is 0 Å². The number of halogens is 4. The molecule has 0 bridgehead atoms. The number of rotatable bonds is 6. The average molecular weight is 431 g/mol. The fraction of sp³-hybridized carbons (Fsp3) is 0.700. The van der Waals surface area contributed by atoms with Crippen LogP contribution in [0.2, 0.25) is 0 Å². The van der Waals surface area contributed by atoms with Crippen LogP contribution in [-0.2, 0) is 11.3 Å². The predicted molar refractivity (Wildman–Crippen MR) is 98.5 cm³/mol. The zero-order valence-electron chi connectivity index (χ0n) is 16.6. The number of nitrogens with zero attached hydrogens (tertiary/aromatic N) is 1. The first-order valence-corrected chi connectivity index (χ1v) is 10.2. The number of hydrogen-bond donors (Lipinski definition) is 2. The summed E-state index contributed by atoms with van der Waals surface area (Å²) in [5.41, 5.74) is 0.361. The minimum absolute atomic E-state index is 0.0477. The molecule has 10 heteroatoms. The smallest absolute Gasteiger partial charge is 0.391 e. The Morgan fingerprint density at radius 2 is 1.97 bits per heavy atom. The molecule has 1 aromatic heterocycles. The summed E-state index contributed by atoms with van der Waals surface area (Å²) in [5.74, 6) is -1.83. The van der Waals surface area contributed by atoms with E-state index in [9.17, 15) is 22.4 Å². The summed E-state index contributed by atoms with van der Waals surface area (Å²) in [6.45, 7) is 0.0520. The number of hydrogen-bond acceptors (Lipinski definition) is 5. The maximum atomic E-state index is 14.5. The van der Waals surface area contributed by atoms with Crippen LogP contribution < -0.4 is 20.1 Å². The van der Waals surface area contributed by atoms with Crippen LogP contribution in [0.15, 0.2) is 6.07 Å². The zero-order chi connectivity index (χ0) is 21.5. The number of piperidine rings is 1. The van der Waals surface area contributed by atoms with E-state index in [4.69, 9.17) is 9.47 Å². The number of methoxy groups -OCH3 is 1. The van der Waals surface area contributed by atoms with E-state index in [-0.39, 0.29) is 55.9 Å². The second-order valence-corrected chi connectivity index (χ2v) is 8.35. The fourth-order valence-corrected chi connectivity index (χ4v) is 4.38. The highest BCUT2D eigenvalue weighted by Crippen LogP contribution is 2.41. The molecule has 2 heterocycles. The van der Waals surface area contributed by atoms with Gasteiger partial charge in [-0.2, -0.15) is 18.2 Å². The van der Waals surface area contributed by atoms with Gasteiger partial charge in [-0.25, -0.2) is 4.39 Å². The van der Waals surface area contributed by atoms with Crippen molar-refractivity contribution in [1.29, 1.82) is 0 Å². The van der Waals surface area contributed by atoms with E-state index >= 15 is 0 Å². The first-order chi connectivity index (χ1) is 14.2. The van der Waals surface area contributed by atoms with Gasteiger partial charge >= 0.3 is 6.18 Å². The molecule has 1 saturated heterocycles. The van der Waals surface area contributed by atoms with Crippen LogP contribution in [-0.4, -0.2) is 42.4 Å². The summed E-state index contributed by atoms with van der Waals surface area (Å²) in [7, 11) is 1.37. The van der Waals surface area contributed by atoms with E-state index < -0.39 is 24.0 Å². The molecule has 2 saturated carbocycles. The molecule has 6 nitrogen and oxygen atoms in total. The molecule has 2 N–H and O–H groups in total. The van der Waals surface area contributed by atoms with Crippen LogP contribution in [0.4, 0.5) is 17.6 Å². The molecule has 166 valence electrons. The van der Waals surface area contributed by atoms with Crippen molar-refractivity contribution in [3.8, 4) is 11.8 Å². The zero-order valence-corrected chi connectivity index (χ0v) is 16.6. The lowest BCUT2D eigenvalue weighted by molar-refractivity contribution is -0.185. The van der Waals surface area contributed by atoms with Crippen molar-refractivity contribution in [1.82, 2.24) is 15.6 Å². The molecule has 30 heavy (non-hydrogen) atoms. The molecule has 3 atom stereocenters. The van der Waals surface area contributed by atoms with Crippen LogP contribution in [0.5, 0.6) is 11.8 Å². The van der Waals surface area contributed by atoms with Crippen molar-refractivity contribution in [3.63, 3.8) is 0 Å². The van der Waals surface area contributed by atoms with E-state index in [0.29, 0.717) is 17.5 Å². The lowest BCUT2D eigenvalue weighted by atomic mass is 9.87. The van der Waals surface area contributed by atoms with Crippen LogP contribution in [0.1, 0.15) is 44.1 Å². The molecule has 1 aliphatic heterocycles. The Labute approximate surface area is 171 Å². The monoisotopic (exact) mass is 431 g/mol. The van der Waals surface area contributed by atoms with Gasteiger partial charge in [0, 0.05) is 18.2 Å². The Kier molecular flexibility index (Phi) is 5.78. The number of pyridine rings is 1. The van der Waals surface area contributed by atoms with E-state index in [2.05, 4.69) is 15.6 Å². The molecule has 0 radical (unpaired) electrons. The van der Waals surface area contributed by atoms with Gasteiger partial charge in [-0.3, -0.25) is 4.79 Å². The summed E-state index contributed by atoms with van der Waals surface area (Å²) in [6.07, 6.45) is -2.54. The molecule has 4 rings (SSSR count). The molecule has 0 spiro atoms. The number of carbonyl (C=O) groups is 1. The highest BCUT2D eigenvalue weighted by atomic mass is 19.4. The van der Waals surface area contributed by atoms with Crippen LogP contribution in [0, 0.1) is 17.7 Å². The van der Waals surface area contributed by atoms with E-state index in [1.54, 1.807) is 0 Å². The van der Waals surface area contributed by atoms with Gasteiger partial charge in [0.05, 0.1) is 19.1 Å². The van der Waals surface area contributed by atoms with Crippen molar-refractivity contribution < 1.29 is 31.8 Å². The number of aromatic nitrogens is 1. The quantitative estimate of drug-likeness (QED) is 0.678. The second kappa shape index (κ2) is 8.20. The molecule has 2 aliphatic carbocycles. The molecular weight excluding hydrogens is 406 g/mol. The van der Waals surface area contributed by atoms with Gasteiger partial charge in [0.1, 0.15) is 6.10 Å². The highest BCUT2D eigenvalue weighted by Gasteiger charge is 2.47. The molecule has 1 aromatic rings. The summed E-state index contributed by atoms with van der Waals surface area (Å²) in [4.78, 5) is 16.3. The molecule has 3 fully saturated rings. The fourth-order valence-electron chi connectivity index (χ4n) is 4.38. The van der Waals surface area contributed by atoms with Gasteiger partial charge in [-0.15, -0.1) is 0 Å². The topological polar surface area (TPSA) is 72.5 Å². The Morgan fingerprint density at radius 3 is 2.57 bits per heavy atom. The molecule has 3 unspecified atom stereocenters. The van der Waals surface area contributed by atoms with Crippen molar-refractivity contribution in [2.24, 2.45) is 11.8 Å². The lowest BCUT2D eigenvalue weighted by Crippen LogP contribution is -2.41.